The number of halogens is 2. The van der Waals surface area contributed by atoms with Crippen molar-refractivity contribution in [3.8, 4) is 0 Å². The zero-order valence-corrected chi connectivity index (χ0v) is 24.0. The monoisotopic (exact) mass is 608 g/mol. The van der Waals surface area contributed by atoms with Gasteiger partial charge in [0, 0.05) is 20.9 Å². The minimum atomic E-state index is -4.94. The van der Waals surface area contributed by atoms with Gasteiger partial charge < -0.3 is 0 Å². The Hall–Kier alpha value is -3.11. The molecule has 0 N–H and O–H groups in total. The van der Waals surface area contributed by atoms with Crippen molar-refractivity contribution in [1.82, 2.24) is 0 Å². The molecular formula is C31H22Cl2O5S2. The third kappa shape index (κ3) is 8.69. The quantitative estimate of drug-likeness (QED) is 0.203. The maximum atomic E-state index is 12.8. The van der Waals surface area contributed by atoms with Gasteiger partial charge in [0.05, 0.1) is 15.9 Å². The molecule has 0 spiro atoms. The Balaban J connectivity index is 0.000000681. The van der Waals surface area contributed by atoms with Gasteiger partial charge >= 0.3 is 0 Å². The minimum absolute atomic E-state index is 0.0645. The summed E-state index contributed by atoms with van der Waals surface area (Å²) in [5.41, 5.74) is 1.16. The lowest BCUT2D eigenvalue weighted by Gasteiger charge is -2.17. The van der Waals surface area contributed by atoms with Gasteiger partial charge in [0.1, 0.15) is 0 Å². The van der Waals surface area contributed by atoms with Crippen LogP contribution in [0.1, 0.15) is 15.9 Å². The SMILES string of the molecule is O=C(c1ccc(Sc2ccc([S+](c3ccccc3)c3ccccc3)cc2)cc1)c1ccccc1Cl.[O-][Cl+3]([O-])([O-])[O-]. The van der Waals surface area contributed by atoms with Crippen LogP contribution in [0.15, 0.2) is 158 Å². The van der Waals surface area contributed by atoms with Gasteiger partial charge in [0.15, 0.2) is 20.5 Å². The zero-order valence-electron chi connectivity index (χ0n) is 20.8. The van der Waals surface area contributed by atoms with Crippen molar-refractivity contribution in [2.75, 3.05) is 0 Å². The molecule has 0 aliphatic rings. The maximum Gasteiger partial charge on any atom is 0.194 e. The summed E-state index contributed by atoms with van der Waals surface area (Å²) in [6.07, 6.45) is 0. The van der Waals surface area contributed by atoms with Crippen molar-refractivity contribution in [2.24, 2.45) is 0 Å². The first-order valence-corrected chi connectivity index (χ1v) is 15.5. The normalized spacial score (nSPS) is 11.1. The smallest absolute Gasteiger partial charge is 0.194 e. The highest BCUT2D eigenvalue weighted by atomic mass is 35.7. The van der Waals surface area contributed by atoms with Gasteiger partial charge in [0.25, 0.3) is 0 Å². The molecule has 202 valence electrons. The van der Waals surface area contributed by atoms with E-state index >= 15 is 0 Å². The van der Waals surface area contributed by atoms with Crippen molar-refractivity contribution in [3.63, 3.8) is 0 Å². The summed E-state index contributed by atoms with van der Waals surface area (Å²) in [5, 5.41) is 0.473. The molecule has 5 rings (SSSR count). The first-order valence-electron chi connectivity index (χ1n) is 11.8. The van der Waals surface area contributed by atoms with Gasteiger partial charge in [-0.3, -0.25) is 4.79 Å². The standard InChI is InChI=1S/C31H22ClOS2.ClHO4/c32-30-14-8-7-13-29(30)31(33)23-15-17-24(18-16-23)34-25-19-21-28(22-20-25)35(26-9-3-1-4-10-26)27-11-5-2-6-12-27;2-1(3,4)5/h1-22H;(H,2,3,4,5)/q+1;/p-1. The molecule has 0 aliphatic carbocycles. The van der Waals surface area contributed by atoms with Crippen molar-refractivity contribution < 1.29 is 33.7 Å². The second kappa shape index (κ2) is 14.0. The minimum Gasteiger partial charge on any atom is -0.289 e. The fourth-order valence-corrected chi connectivity index (χ4v) is 6.90. The van der Waals surface area contributed by atoms with E-state index in [0.29, 0.717) is 16.1 Å². The van der Waals surface area contributed by atoms with Gasteiger partial charge in [-0.15, -0.1) is 10.2 Å². The van der Waals surface area contributed by atoms with Crippen LogP contribution < -0.4 is 18.6 Å². The van der Waals surface area contributed by atoms with Crippen LogP contribution in [0.2, 0.25) is 5.02 Å². The van der Waals surface area contributed by atoms with Crippen molar-refractivity contribution in [2.45, 2.75) is 24.5 Å². The number of ketones is 1. The van der Waals surface area contributed by atoms with E-state index in [1.54, 1.807) is 23.9 Å². The molecule has 0 heterocycles. The maximum absolute atomic E-state index is 12.8. The van der Waals surface area contributed by atoms with E-state index in [2.05, 4.69) is 84.9 Å². The number of hydrogen-bond donors (Lipinski definition) is 0. The fourth-order valence-electron chi connectivity index (χ4n) is 3.78. The van der Waals surface area contributed by atoms with Crippen LogP contribution in [0.4, 0.5) is 0 Å². The van der Waals surface area contributed by atoms with Gasteiger partial charge in [-0.2, -0.15) is 0 Å². The van der Waals surface area contributed by atoms with Gasteiger partial charge in [-0.25, -0.2) is 18.6 Å². The van der Waals surface area contributed by atoms with E-state index in [4.69, 9.17) is 30.2 Å². The summed E-state index contributed by atoms with van der Waals surface area (Å²) in [4.78, 5) is 18.9. The molecule has 9 heteroatoms. The molecule has 0 bridgehead atoms. The Morgan fingerprint density at radius 3 is 1.45 bits per heavy atom. The molecule has 0 saturated heterocycles. The van der Waals surface area contributed by atoms with E-state index in [1.165, 1.54) is 14.7 Å². The van der Waals surface area contributed by atoms with Crippen LogP contribution in [-0.4, -0.2) is 5.78 Å². The lowest BCUT2D eigenvalue weighted by Crippen LogP contribution is -2.68. The van der Waals surface area contributed by atoms with Crippen LogP contribution in [0.3, 0.4) is 0 Å². The van der Waals surface area contributed by atoms with Crippen LogP contribution >= 0.6 is 23.4 Å². The average molecular weight is 610 g/mol. The molecule has 0 aliphatic heterocycles. The number of carbonyl (C=O) groups is 1. The highest BCUT2D eigenvalue weighted by Crippen LogP contribution is 2.34. The summed E-state index contributed by atoms with van der Waals surface area (Å²) >= 11 is 7.88. The van der Waals surface area contributed by atoms with Gasteiger partial charge in [0.2, 0.25) is 0 Å². The first kappa shape index (κ1) is 29.9. The van der Waals surface area contributed by atoms with Crippen LogP contribution in [-0.2, 0) is 10.9 Å². The topological polar surface area (TPSA) is 109 Å². The molecule has 0 atom stereocenters. The summed E-state index contributed by atoms with van der Waals surface area (Å²) in [5.74, 6) is -0.0645. The largest absolute Gasteiger partial charge is 0.289 e. The molecule has 0 fully saturated rings. The van der Waals surface area contributed by atoms with E-state index in [1.807, 2.05) is 36.4 Å². The number of carbonyl (C=O) groups excluding carboxylic acids is 1. The highest BCUT2D eigenvalue weighted by Gasteiger charge is 2.28. The number of rotatable bonds is 7. The Morgan fingerprint density at radius 2 is 0.975 bits per heavy atom. The van der Waals surface area contributed by atoms with Crippen LogP contribution in [0.25, 0.3) is 0 Å². The Bertz CT molecular complexity index is 1480. The third-order valence-electron chi connectivity index (χ3n) is 5.49. The Labute approximate surface area is 246 Å². The lowest BCUT2D eigenvalue weighted by atomic mass is 10.0. The van der Waals surface area contributed by atoms with E-state index in [-0.39, 0.29) is 16.7 Å². The Morgan fingerprint density at radius 1 is 0.575 bits per heavy atom. The van der Waals surface area contributed by atoms with Crippen molar-refractivity contribution in [1.29, 1.82) is 0 Å². The van der Waals surface area contributed by atoms with Crippen LogP contribution in [0, 0.1) is 10.2 Å². The fraction of sp³-hybridized carbons (Fsp3) is 0. The lowest BCUT2D eigenvalue weighted by molar-refractivity contribution is -2.00. The molecule has 0 aromatic heterocycles. The van der Waals surface area contributed by atoms with Gasteiger partial charge in [-0.1, -0.05) is 71.9 Å². The zero-order chi connectivity index (χ0) is 28.5. The van der Waals surface area contributed by atoms with Crippen LogP contribution in [0.5, 0.6) is 0 Å². The van der Waals surface area contributed by atoms with E-state index in [0.717, 1.165) is 9.79 Å². The summed E-state index contributed by atoms with van der Waals surface area (Å²) in [6.45, 7) is 0. The van der Waals surface area contributed by atoms with E-state index in [9.17, 15) is 4.79 Å². The molecule has 5 nitrogen and oxygen atoms in total. The highest BCUT2D eigenvalue weighted by molar-refractivity contribution is 7.99. The van der Waals surface area contributed by atoms with Gasteiger partial charge in [-0.05, 0) is 84.9 Å². The molecule has 5 aromatic carbocycles. The molecule has 0 radical (unpaired) electrons. The molecule has 0 unspecified atom stereocenters. The average Bonchev–Trinajstić information content (AvgIpc) is 2.95. The molecule has 5 aromatic rings. The summed E-state index contributed by atoms with van der Waals surface area (Å²) in [7, 11) is -5.10. The Kier molecular flexibility index (Phi) is 10.4. The summed E-state index contributed by atoms with van der Waals surface area (Å²) < 4.78 is 34.0. The predicted molar refractivity (Wildman–Crippen MR) is 147 cm³/mol. The molecular weight excluding hydrogens is 587 g/mol. The molecule has 40 heavy (non-hydrogen) atoms. The number of hydrogen-bond acceptors (Lipinski definition) is 6. The van der Waals surface area contributed by atoms with E-state index < -0.39 is 10.2 Å². The predicted octanol–water partition coefficient (Wildman–Crippen LogP) is 4.06. The molecule has 0 saturated carbocycles. The third-order valence-corrected chi connectivity index (χ3v) is 9.06. The molecule has 0 amide bonds. The second-order valence-corrected chi connectivity index (χ2v) is 12.6. The summed E-state index contributed by atoms with van der Waals surface area (Å²) in [6, 6.07) is 45.0. The number of benzene rings is 5. The first-order chi connectivity index (χ1) is 19.2. The van der Waals surface area contributed by atoms with Crippen molar-refractivity contribution in [3.05, 3.63) is 150 Å². The second-order valence-electron chi connectivity index (χ2n) is 8.22. The van der Waals surface area contributed by atoms with Crippen molar-refractivity contribution >= 4 is 40.0 Å².